The fraction of sp³-hybridized carbons (Fsp3) is 0.235. The summed E-state index contributed by atoms with van der Waals surface area (Å²) in [6.45, 7) is 4.39. The number of H-pyrrole nitrogens is 2. The van der Waals surface area contributed by atoms with Crippen molar-refractivity contribution in [2.24, 2.45) is 5.92 Å². The average Bonchev–Trinajstić information content (AvgIpc) is 2.84. The van der Waals surface area contributed by atoms with Crippen molar-refractivity contribution in [3.8, 4) is 0 Å². The number of rotatable bonds is 4. The zero-order valence-electron chi connectivity index (χ0n) is 12.2. The molecule has 0 bridgehead atoms. The number of anilines is 1. The van der Waals surface area contributed by atoms with Gasteiger partial charge in [-0.15, -0.1) is 0 Å². The van der Waals surface area contributed by atoms with Crippen molar-refractivity contribution < 1.29 is 0 Å². The molecular formula is C17H19N3O. The molecule has 4 nitrogen and oxygen atoms in total. The van der Waals surface area contributed by atoms with Gasteiger partial charge in [-0.25, -0.2) is 4.79 Å². The molecule has 0 radical (unpaired) electrons. The minimum atomic E-state index is -0.175. The number of benzene rings is 2. The molecule has 1 aromatic heterocycles. The first-order valence-electron chi connectivity index (χ1n) is 7.17. The van der Waals surface area contributed by atoms with Crippen LogP contribution in [0.5, 0.6) is 0 Å². The zero-order chi connectivity index (χ0) is 14.8. The van der Waals surface area contributed by atoms with Crippen LogP contribution in [-0.2, 0) is 0 Å². The van der Waals surface area contributed by atoms with Crippen LogP contribution in [0.2, 0.25) is 0 Å². The van der Waals surface area contributed by atoms with E-state index in [1.807, 2.05) is 24.3 Å². The number of hydrogen-bond acceptors (Lipinski definition) is 2. The highest BCUT2D eigenvalue weighted by Gasteiger charge is 2.15. The van der Waals surface area contributed by atoms with Crippen molar-refractivity contribution in [2.45, 2.75) is 19.9 Å². The summed E-state index contributed by atoms with van der Waals surface area (Å²) in [5.41, 5.74) is 3.73. The highest BCUT2D eigenvalue weighted by atomic mass is 16.1. The number of imidazole rings is 1. The summed E-state index contributed by atoms with van der Waals surface area (Å²) < 4.78 is 0. The van der Waals surface area contributed by atoms with E-state index in [4.69, 9.17) is 0 Å². The molecule has 0 saturated heterocycles. The molecule has 3 aromatic rings. The van der Waals surface area contributed by atoms with Gasteiger partial charge in [0, 0.05) is 5.69 Å². The van der Waals surface area contributed by atoms with E-state index in [-0.39, 0.29) is 11.7 Å². The van der Waals surface area contributed by atoms with Crippen LogP contribution in [0.1, 0.15) is 25.5 Å². The summed E-state index contributed by atoms with van der Waals surface area (Å²) in [5, 5.41) is 3.56. The van der Waals surface area contributed by atoms with Crippen molar-refractivity contribution in [1.29, 1.82) is 0 Å². The smallest absolute Gasteiger partial charge is 0.323 e. The predicted octanol–water partition coefficient (Wildman–Crippen LogP) is 3.67. The van der Waals surface area contributed by atoms with E-state index in [0.29, 0.717) is 5.92 Å². The molecule has 0 spiro atoms. The van der Waals surface area contributed by atoms with E-state index in [0.717, 1.165) is 16.7 Å². The maximum Gasteiger partial charge on any atom is 0.323 e. The molecule has 0 saturated carbocycles. The van der Waals surface area contributed by atoms with Gasteiger partial charge in [0.15, 0.2) is 0 Å². The molecule has 3 rings (SSSR count). The Bertz CT molecular complexity index is 786. The first-order chi connectivity index (χ1) is 10.1. The summed E-state index contributed by atoms with van der Waals surface area (Å²) in [6, 6.07) is 16.5. The zero-order valence-corrected chi connectivity index (χ0v) is 12.2. The van der Waals surface area contributed by atoms with Gasteiger partial charge >= 0.3 is 5.69 Å². The second-order valence-electron chi connectivity index (χ2n) is 5.62. The molecule has 0 aliphatic carbocycles. The van der Waals surface area contributed by atoms with Crippen LogP contribution in [0, 0.1) is 5.92 Å². The molecule has 2 aromatic carbocycles. The van der Waals surface area contributed by atoms with Gasteiger partial charge in [-0.2, -0.15) is 0 Å². The minimum Gasteiger partial charge on any atom is -0.378 e. The standard InChI is InChI=1S/C17H19N3O/c1-11(2)16(12-6-4-3-5-7-12)18-13-8-9-14-15(10-13)20-17(21)19-14/h3-11,16,18H,1-2H3,(H2,19,20,21). The fourth-order valence-electron chi connectivity index (χ4n) is 2.60. The van der Waals surface area contributed by atoms with Gasteiger partial charge in [0.2, 0.25) is 0 Å². The minimum absolute atomic E-state index is 0.175. The van der Waals surface area contributed by atoms with Crippen molar-refractivity contribution >= 4 is 16.7 Å². The summed E-state index contributed by atoms with van der Waals surface area (Å²) in [6.07, 6.45) is 0. The molecule has 108 valence electrons. The highest BCUT2D eigenvalue weighted by molar-refractivity contribution is 5.78. The molecule has 0 aliphatic heterocycles. The summed E-state index contributed by atoms with van der Waals surface area (Å²) in [4.78, 5) is 16.9. The lowest BCUT2D eigenvalue weighted by Crippen LogP contribution is -2.16. The van der Waals surface area contributed by atoms with Crippen molar-refractivity contribution in [2.75, 3.05) is 5.32 Å². The monoisotopic (exact) mass is 281 g/mol. The number of fused-ring (bicyclic) bond motifs is 1. The quantitative estimate of drug-likeness (QED) is 0.683. The van der Waals surface area contributed by atoms with Gasteiger partial charge in [-0.1, -0.05) is 44.2 Å². The largest absolute Gasteiger partial charge is 0.378 e. The van der Waals surface area contributed by atoms with Crippen LogP contribution in [0.25, 0.3) is 11.0 Å². The molecule has 1 heterocycles. The Morgan fingerprint density at radius 2 is 1.67 bits per heavy atom. The second kappa shape index (κ2) is 5.48. The van der Waals surface area contributed by atoms with Gasteiger partial charge < -0.3 is 15.3 Å². The van der Waals surface area contributed by atoms with Gasteiger partial charge in [-0.3, -0.25) is 0 Å². The SMILES string of the molecule is CC(C)C(Nc1ccc2[nH]c(=O)[nH]c2c1)c1ccccc1. The Hall–Kier alpha value is -2.49. The topological polar surface area (TPSA) is 60.7 Å². The highest BCUT2D eigenvalue weighted by Crippen LogP contribution is 2.27. The third kappa shape index (κ3) is 2.84. The van der Waals surface area contributed by atoms with Gasteiger partial charge in [0.05, 0.1) is 17.1 Å². The fourth-order valence-corrected chi connectivity index (χ4v) is 2.60. The van der Waals surface area contributed by atoms with Crippen LogP contribution in [0.15, 0.2) is 53.3 Å². The van der Waals surface area contributed by atoms with E-state index >= 15 is 0 Å². The summed E-state index contributed by atoms with van der Waals surface area (Å²) in [7, 11) is 0. The predicted molar refractivity (Wildman–Crippen MR) is 86.6 cm³/mol. The van der Waals surface area contributed by atoms with Crippen LogP contribution in [0.4, 0.5) is 5.69 Å². The maximum absolute atomic E-state index is 11.3. The first-order valence-corrected chi connectivity index (χ1v) is 7.17. The van der Waals surface area contributed by atoms with Gasteiger partial charge in [0.1, 0.15) is 0 Å². The average molecular weight is 281 g/mol. The maximum atomic E-state index is 11.3. The molecule has 0 aliphatic rings. The van der Waals surface area contributed by atoms with Crippen LogP contribution < -0.4 is 11.0 Å². The lowest BCUT2D eigenvalue weighted by molar-refractivity contribution is 0.546. The molecule has 4 heteroatoms. The van der Waals surface area contributed by atoms with E-state index in [1.165, 1.54) is 5.56 Å². The molecular weight excluding hydrogens is 262 g/mol. The molecule has 21 heavy (non-hydrogen) atoms. The van der Waals surface area contributed by atoms with Crippen LogP contribution in [0.3, 0.4) is 0 Å². The molecule has 1 atom stereocenters. The second-order valence-corrected chi connectivity index (χ2v) is 5.62. The summed E-state index contributed by atoms with van der Waals surface area (Å²) >= 11 is 0. The Kier molecular flexibility index (Phi) is 3.52. The number of nitrogens with one attached hydrogen (secondary N) is 3. The Morgan fingerprint density at radius 1 is 0.952 bits per heavy atom. The van der Waals surface area contributed by atoms with Gasteiger partial charge in [-0.05, 0) is 29.7 Å². The number of aromatic nitrogens is 2. The van der Waals surface area contributed by atoms with E-state index in [2.05, 4.69) is 53.4 Å². The van der Waals surface area contributed by atoms with E-state index < -0.39 is 0 Å². The molecule has 1 unspecified atom stereocenters. The van der Waals surface area contributed by atoms with Crippen molar-refractivity contribution in [3.05, 3.63) is 64.6 Å². The molecule has 0 amide bonds. The first kappa shape index (κ1) is 13.5. The molecule has 3 N–H and O–H groups in total. The Labute approximate surface area is 123 Å². The Morgan fingerprint density at radius 3 is 2.38 bits per heavy atom. The molecule has 0 fully saturated rings. The lowest BCUT2D eigenvalue weighted by atomic mass is 9.96. The van der Waals surface area contributed by atoms with E-state index in [9.17, 15) is 4.79 Å². The normalized spacial score (nSPS) is 12.7. The van der Waals surface area contributed by atoms with Crippen LogP contribution in [-0.4, -0.2) is 9.97 Å². The van der Waals surface area contributed by atoms with Crippen molar-refractivity contribution in [3.63, 3.8) is 0 Å². The lowest BCUT2D eigenvalue weighted by Gasteiger charge is -2.24. The van der Waals surface area contributed by atoms with Crippen LogP contribution >= 0.6 is 0 Å². The van der Waals surface area contributed by atoms with Gasteiger partial charge in [0.25, 0.3) is 0 Å². The third-order valence-corrected chi connectivity index (χ3v) is 3.66. The third-order valence-electron chi connectivity index (χ3n) is 3.66. The summed E-state index contributed by atoms with van der Waals surface area (Å²) in [5.74, 6) is 0.452. The number of aromatic amines is 2. The van der Waals surface area contributed by atoms with Crippen molar-refractivity contribution in [1.82, 2.24) is 9.97 Å². The number of hydrogen-bond donors (Lipinski definition) is 3. The van der Waals surface area contributed by atoms with E-state index in [1.54, 1.807) is 0 Å². The Balaban J connectivity index is 1.92.